The number of anilines is 1. The summed E-state index contributed by atoms with van der Waals surface area (Å²) in [5.41, 5.74) is 1.63. The Morgan fingerprint density at radius 1 is 1.20 bits per heavy atom. The Bertz CT molecular complexity index is 1510. The fourth-order valence-electron chi connectivity index (χ4n) is 3.89. The van der Waals surface area contributed by atoms with Crippen LogP contribution in [0.5, 0.6) is 0 Å². The van der Waals surface area contributed by atoms with Gasteiger partial charge in [-0.25, -0.2) is 22.8 Å². The third kappa shape index (κ3) is 4.65. The number of benzene rings is 1. The number of nitrogens with zero attached hydrogens (tertiary/aromatic N) is 5. The lowest BCUT2D eigenvalue weighted by Crippen LogP contribution is -2.19. The molecule has 178 valence electrons. The first-order valence-electron chi connectivity index (χ1n) is 10.6. The quantitative estimate of drug-likeness (QED) is 0.356. The molecule has 11 heteroatoms. The smallest absolute Gasteiger partial charge is 0.264 e. The molecule has 0 aliphatic heterocycles. The van der Waals surface area contributed by atoms with Crippen molar-refractivity contribution in [3.05, 3.63) is 83.8 Å². The first-order valence-corrected chi connectivity index (χ1v) is 10.6. The number of hydrogen-bond acceptors (Lipinski definition) is 5. The number of pyridine rings is 1. The maximum absolute atomic E-state index is 13.8. The van der Waals surface area contributed by atoms with Gasteiger partial charge in [-0.2, -0.15) is 10.2 Å². The van der Waals surface area contributed by atoms with E-state index >= 15 is 0 Å². The number of nitrogens with one attached hydrogen (secondary N) is 1. The Balaban J connectivity index is 1.38. The maximum atomic E-state index is 13.8. The summed E-state index contributed by atoms with van der Waals surface area (Å²) in [6.45, 7) is 1.66. The molecule has 1 N–H and O–H groups in total. The molecule has 0 fully saturated rings. The summed E-state index contributed by atoms with van der Waals surface area (Å²) in [5, 5.41) is 11.4. The second kappa shape index (κ2) is 9.09. The van der Waals surface area contributed by atoms with Crippen molar-refractivity contribution in [1.29, 1.82) is 0 Å². The fraction of sp³-hybridized carbons (Fsp3) is 0.167. The molecule has 0 bridgehead atoms. The molecule has 0 aliphatic carbocycles. The molecule has 0 aliphatic rings. The van der Waals surface area contributed by atoms with Gasteiger partial charge >= 0.3 is 0 Å². The van der Waals surface area contributed by atoms with E-state index in [0.717, 1.165) is 5.56 Å². The molecule has 0 unspecified atom stereocenters. The van der Waals surface area contributed by atoms with Gasteiger partial charge in [-0.3, -0.25) is 9.48 Å². The van der Waals surface area contributed by atoms with Gasteiger partial charge in [0.15, 0.2) is 11.4 Å². The lowest BCUT2D eigenvalue weighted by Gasteiger charge is -2.07. The van der Waals surface area contributed by atoms with Crippen molar-refractivity contribution >= 4 is 22.6 Å². The molecule has 5 rings (SSSR count). The van der Waals surface area contributed by atoms with Crippen LogP contribution in [0.25, 0.3) is 22.5 Å². The predicted molar refractivity (Wildman–Crippen MR) is 121 cm³/mol. The highest BCUT2D eigenvalue weighted by Crippen LogP contribution is 2.33. The van der Waals surface area contributed by atoms with E-state index in [1.54, 1.807) is 42.1 Å². The third-order valence-electron chi connectivity index (χ3n) is 5.36. The zero-order chi connectivity index (χ0) is 24.5. The van der Waals surface area contributed by atoms with Crippen molar-refractivity contribution < 1.29 is 22.4 Å². The van der Waals surface area contributed by atoms with Gasteiger partial charge in [0, 0.05) is 11.8 Å². The van der Waals surface area contributed by atoms with Crippen LogP contribution in [0.2, 0.25) is 0 Å². The van der Waals surface area contributed by atoms with E-state index in [0.29, 0.717) is 23.7 Å². The molecule has 5 aromatic rings. The Labute approximate surface area is 197 Å². The van der Waals surface area contributed by atoms with Crippen molar-refractivity contribution in [3.63, 3.8) is 0 Å². The molecule has 0 atom stereocenters. The molecule has 35 heavy (non-hydrogen) atoms. The van der Waals surface area contributed by atoms with Gasteiger partial charge in [0.2, 0.25) is 5.91 Å². The summed E-state index contributed by atoms with van der Waals surface area (Å²) in [5.74, 6) is -0.457. The largest absolute Gasteiger partial charge is 0.463 e. The van der Waals surface area contributed by atoms with E-state index in [-0.39, 0.29) is 34.7 Å². The lowest BCUT2D eigenvalue weighted by atomic mass is 10.1. The van der Waals surface area contributed by atoms with E-state index in [4.69, 9.17) is 4.42 Å². The molecule has 4 aromatic heterocycles. The minimum Gasteiger partial charge on any atom is -0.463 e. The Kier molecular flexibility index (Phi) is 5.81. The maximum Gasteiger partial charge on any atom is 0.264 e. The molecule has 1 aromatic carbocycles. The predicted octanol–water partition coefficient (Wildman–Crippen LogP) is 4.96. The van der Waals surface area contributed by atoms with Crippen LogP contribution < -0.4 is 5.32 Å². The van der Waals surface area contributed by atoms with E-state index < -0.39 is 12.3 Å². The number of amides is 1. The van der Waals surface area contributed by atoms with Gasteiger partial charge in [-0.15, -0.1) is 0 Å². The summed E-state index contributed by atoms with van der Waals surface area (Å²) in [6, 6.07) is 10.7. The summed E-state index contributed by atoms with van der Waals surface area (Å²) in [7, 11) is 0. The van der Waals surface area contributed by atoms with Crippen LogP contribution >= 0.6 is 0 Å². The molecule has 0 saturated heterocycles. The normalized spacial score (nSPS) is 11.5. The number of alkyl halides is 2. The SMILES string of the molecule is Cc1nn(CC(=O)Nc2cnn(Cc3cccc(F)c3)c2)c2nc(-c3ccco3)cc(C(F)F)c12. The van der Waals surface area contributed by atoms with Crippen LogP contribution in [0.4, 0.5) is 18.9 Å². The van der Waals surface area contributed by atoms with Crippen LogP contribution in [-0.4, -0.2) is 30.5 Å². The number of carbonyl (C=O) groups is 1. The molecule has 1 amide bonds. The number of aromatic nitrogens is 5. The van der Waals surface area contributed by atoms with Gasteiger partial charge in [0.1, 0.15) is 18.1 Å². The van der Waals surface area contributed by atoms with E-state index in [1.807, 2.05) is 0 Å². The van der Waals surface area contributed by atoms with E-state index in [9.17, 15) is 18.0 Å². The first-order chi connectivity index (χ1) is 16.9. The number of carbonyl (C=O) groups excluding carboxylic acids is 1. The van der Waals surface area contributed by atoms with Crippen LogP contribution in [0, 0.1) is 12.7 Å². The van der Waals surface area contributed by atoms with Crippen LogP contribution in [-0.2, 0) is 17.9 Å². The van der Waals surface area contributed by atoms with Crippen molar-refractivity contribution in [2.24, 2.45) is 0 Å². The number of hydrogen-bond donors (Lipinski definition) is 1. The number of aryl methyl sites for hydroxylation is 1. The Morgan fingerprint density at radius 2 is 2.06 bits per heavy atom. The molecular weight excluding hydrogens is 461 g/mol. The molecule has 4 heterocycles. The standard InChI is InChI=1S/C24H19F3N6O2/c1-14-22-18(23(26)27)9-19(20-6-3-7-35-20)30-24(22)33(31-14)13-21(34)29-17-10-28-32(12-17)11-15-4-2-5-16(25)8-15/h2-10,12,23H,11,13H2,1H3,(H,29,34). The summed E-state index contributed by atoms with van der Waals surface area (Å²) >= 11 is 0. The third-order valence-corrected chi connectivity index (χ3v) is 5.36. The van der Waals surface area contributed by atoms with E-state index in [2.05, 4.69) is 20.5 Å². The monoisotopic (exact) mass is 480 g/mol. The van der Waals surface area contributed by atoms with Crippen molar-refractivity contribution in [1.82, 2.24) is 24.5 Å². The number of halogens is 3. The number of furan rings is 1. The molecule has 0 saturated carbocycles. The zero-order valence-electron chi connectivity index (χ0n) is 18.5. The van der Waals surface area contributed by atoms with E-state index in [1.165, 1.54) is 35.3 Å². The van der Waals surface area contributed by atoms with Gasteiger partial charge in [-0.05, 0) is 42.8 Å². The summed E-state index contributed by atoms with van der Waals surface area (Å²) in [4.78, 5) is 17.2. The second-order valence-corrected chi connectivity index (χ2v) is 7.92. The Morgan fingerprint density at radius 3 is 2.80 bits per heavy atom. The Hall–Kier alpha value is -4.41. The number of rotatable bonds is 7. The van der Waals surface area contributed by atoms with Crippen LogP contribution in [0.3, 0.4) is 0 Å². The highest BCUT2D eigenvalue weighted by Gasteiger charge is 2.22. The van der Waals surface area contributed by atoms with Gasteiger partial charge in [-0.1, -0.05) is 12.1 Å². The highest BCUT2D eigenvalue weighted by atomic mass is 19.3. The van der Waals surface area contributed by atoms with Gasteiger partial charge in [0.25, 0.3) is 6.43 Å². The summed E-state index contributed by atoms with van der Waals surface area (Å²) < 4.78 is 49.2. The minimum absolute atomic E-state index is 0.156. The summed E-state index contributed by atoms with van der Waals surface area (Å²) in [6.07, 6.45) is 1.74. The molecule has 0 spiro atoms. The van der Waals surface area contributed by atoms with Crippen LogP contribution in [0.1, 0.15) is 23.2 Å². The van der Waals surface area contributed by atoms with Gasteiger partial charge < -0.3 is 9.73 Å². The van der Waals surface area contributed by atoms with Crippen LogP contribution in [0.15, 0.2) is 65.5 Å². The van der Waals surface area contributed by atoms with Gasteiger partial charge in [0.05, 0.1) is 35.8 Å². The minimum atomic E-state index is -2.76. The first kappa shape index (κ1) is 22.4. The van der Waals surface area contributed by atoms with Crippen molar-refractivity contribution in [2.75, 3.05) is 5.32 Å². The zero-order valence-corrected chi connectivity index (χ0v) is 18.5. The lowest BCUT2D eigenvalue weighted by molar-refractivity contribution is -0.116. The average Bonchev–Trinajstić information content (AvgIpc) is 3.55. The second-order valence-electron chi connectivity index (χ2n) is 7.92. The van der Waals surface area contributed by atoms with Crippen molar-refractivity contribution in [2.45, 2.75) is 26.4 Å². The van der Waals surface area contributed by atoms with Crippen molar-refractivity contribution in [3.8, 4) is 11.5 Å². The highest BCUT2D eigenvalue weighted by molar-refractivity contribution is 5.92. The average molecular weight is 480 g/mol. The molecular formula is C24H19F3N6O2. The molecule has 0 radical (unpaired) electrons. The number of fused-ring (bicyclic) bond motifs is 1. The molecule has 8 nitrogen and oxygen atoms in total. The fourth-order valence-corrected chi connectivity index (χ4v) is 3.89. The topological polar surface area (TPSA) is 90.8 Å².